The summed E-state index contributed by atoms with van der Waals surface area (Å²) in [7, 11) is 1.64. The molecule has 1 atom stereocenters. The van der Waals surface area contributed by atoms with Gasteiger partial charge in [-0.3, -0.25) is 4.79 Å². The zero-order valence-electron chi connectivity index (χ0n) is 11.0. The highest BCUT2D eigenvalue weighted by atomic mass is 16.5. The van der Waals surface area contributed by atoms with Crippen molar-refractivity contribution in [2.75, 3.05) is 20.2 Å². The number of fused-ring (bicyclic) bond motifs is 1. The van der Waals surface area contributed by atoms with E-state index in [4.69, 9.17) is 4.74 Å². The van der Waals surface area contributed by atoms with Crippen LogP contribution in [0.2, 0.25) is 0 Å². The summed E-state index contributed by atoms with van der Waals surface area (Å²) in [6.07, 6.45) is 3.87. The number of nitrogens with one attached hydrogen (secondary N) is 2. The van der Waals surface area contributed by atoms with Crippen molar-refractivity contribution in [2.24, 2.45) is 5.92 Å². The molecule has 0 spiro atoms. The van der Waals surface area contributed by atoms with Crippen LogP contribution in [0.1, 0.15) is 23.2 Å². The highest BCUT2D eigenvalue weighted by Gasteiger charge is 2.24. The number of aromatic amines is 1. The molecule has 2 aromatic rings. The fraction of sp³-hybridized carbons (Fsp3) is 0.400. The van der Waals surface area contributed by atoms with Crippen molar-refractivity contribution in [1.29, 1.82) is 0 Å². The van der Waals surface area contributed by atoms with Crippen LogP contribution in [0, 0.1) is 5.92 Å². The van der Waals surface area contributed by atoms with Gasteiger partial charge in [0.25, 0.3) is 0 Å². The van der Waals surface area contributed by atoms with Crippen molar-refractivity contribution in [3.05, 3.63) is 30.0 Å². The number of hydrogen-bond donors (Lipinski definition) is 2. The second-order valence-electron chi connectivity index (χ2n) is 5.02. The van der Waals surface area contributed by atoms with Crippen molar-refractivity contribution < 1.29 is 9.53 Å². The van der Waals surface area contributed by atoms with Crippen molar-refractivity contribution in [2.45, 2.75) is 12.8 Å². The third-order valence-corrected chi connectivity index (χ3v) is 3.82. The summed E-state index contributed by atoms with van der Waals surface area (Å²) in [6, 6.07) is 5.77. The van der Waals surface area contributed by atoms with Gasteiger partial charge in [-0.05, 0) is 37.6 Å². The molecule has 100 valence electrons. The minimum Gasteiger partial charge on any atom is -0.497 e. The molecule has 0 radical (unpaired) electrons. The Kier molecular flexibility index (Phi) is 3.25. The topological polar surface area (TPSA) is 54.1 Å². The largest absolute Gasteiger partial charge is 0.497 e. The molecule has 1 aliphatic rings. The smallest absolute Gasteiger partial charge is 0.169 e. The van der Waals surface area contributed by atoms with Crippen LogP contribution in [0.3, 0.4) is 0 Å². The third kappa shape index (κ3) is 2.24. The number of benzene rings is 1. The number of H-pyrrole nitrogens is 1. The molecule has 2 heterocycles. The number of carbonyl (C=O) groups excluding carboxylic acids is 1. The molecular weight excluding hydrogens is 240 g/mol. The molecule has 1 aromatic carbocycles. The third-order valence-electron chi connectivity index (χ3n) is 3.82. The Morgan fingerprint density at radius 2 is 2.32 bits per heavy atom. The molecule has 0 saturated carbocycles. The summed E-state index contributed by atoms with van der Waals surface area (Å²) in [6.45, 7) is 1.81. The number of aromatic nitrogens is 1. The fourth-order valence-corrected chi connectivity index (χ4v) is 2.73. The van der Waals surface area contributed by atoms with Gasteiger partial charge in [0, 0.05) is 35.1 Å². The summed E-state index contributed by atoms with van der Waals surface area (Å²) < 4.78 is 5.23. The zero-order valence-corrected chi connectivity index (χ0v) is 11.0. The van der Waals surface area contributed by atoms with Crippen LogP contribution in [-0.2, 0) is 0 Å². The first-order valence-electron chi connectivity index (χ1n) is 6.69. The average molecular weight is 258 g/mol. The fourth-order valence-electron chi connectivity index (χ4n) is 2.73. The molecule has 3 rings (SSSR count). The lowest BCUT2D eigenvalue weighted by atomic mass is 9.91. The molecule has 0 amide bonds. The van der Waals surface area contributed by atoms with E-state index in [1.165, 1.54) is 0 Å². The summed E-state index contributed by atoms with van der Waals surface area (Å²) in [5.74, 6) is 1.11. The van der Waals surface area contributed by atoms with Crippen LogP contribution < -0.4 is 10.1 Å². The van der Waals surface area contributed by atoms with Gasteiger partial charge in [0.15, 0.2) is 5.78 Å². The van der Waals surface area contributed by atoms with E-state index >= 15 is 0 Å². The molecule has 0 bridgehead atoms. The first-order valence-corrected chi connectivity index (χ1v) is 6.69. The molecule has 1 aromatic heterocycles. The Labute approximate surface area is 112 Å². The minimum absolute atomic E-state index is 0.0963. The van der Waals surface area contributed by atoms with E-state index < -0.39 is 0 Å². The van der Waals surface area contributed by atoms with Crippen molar-refractivity contribution in [3.8, 4) is 5.75 Å². The van der Waals surface area contributed by atoms with E-state index in [0.29, 0.717) is 0 Å². The van der Waals surface area contributed by atoms with E-state index in [-0.39, 0.29) is 11.7 Å². The Hall–Kier alpha value is -1.81. The molecular formula is C15H18N2O2. The van der Waals surface area contributed by atoms with Crippen LogP contribution in [0.5, 0.6) is 5.75 Å². The van der Waals surface area contributed by atoms with Crippen LogP contribution in [0.15, 0.2) is 24.4 Å². The quantitative estimate of drug-likeness (QED) is 0.831. The molecule has 0 aliphatic carbocycles. The van der Waals surface area contributed by atoms with Gasteiger partial charge < -0.3 is 15.0 Å². The van der Waals surface area contributed by atoms with Crippen molar-refractivity contribution in [3.63, 3.8) is 0 Å². The van der Waals surface area contributed by atoms with Gasteiger partial charge in [-0.1, -0.05) is 0 Å². The lowest BCUT2D eigenvalue weighted by Crippen LogP contribution is -2.34. The molecule has 4 nitrogen and oxygen atoms in total. The average Bonchev–Trinajstić information content (AvgIpc) is 2.90. The highest BCUT2D eigenvalue weighted by Crippen LogP contribution is 2.26. The number of carbonyl (C=O) groups is 1. The van der Waals surface area contributed by atoms with Crippen molar-refractivity contribution in [1.82, 2.24) is 10.3 Å². The van der Waals surface area contributed by atoms with Gasteiger partial charge >= 0.3 is 0 Å². The van der Waals surface area contributed by atoms with Crippen molar-refractivity contribution >= 4 is 16.7 Å². The van der Waals surface area contributed by atoms with E-state index in [2.05, 4.69) is 10.3 Å². The van der Waals surface area contributed by atoms with E-state index in [1.54, 1.807) is 7.11 Å². The lowest BCUT2D eigenvalue weighted by molar-refractivity contribution is 0.0901. The number of ether oxygens (including phenoxy) is 1. The molecule has 1 fully saturated rings. The van der Waals surface area contributed by atoms with E-state index in [9.17, 15) is 4.79 Å². The maximum Gasteiger partial charge on any atom is 0.169 e. The summed E-state index contributed by atoms with van der Waals surface area (Å²) in [5, 5.41) is 4.25. The van der Waals surface area contributed by atoms with Crippen LogP contribution >= 0.6 is 0 Å². The van der Waals surface area contributed by atoms with Gasteiger partial charge in [-0.25, -0.2) is 0 Å². The Balaban J connectivity index is 1.97. The predicted octanol–water partition coefficient (Wildman–Crippen LogP) is 2.36. The minimum atomic E-state index is 0.0963. The Morgan fingerprint density at radius 1 is 1.42 bits per heavy atom. The monoisotopic (exact) mass is 258 g/mol. The Bertz CT molecular complexity index is 597. The van der Waals surface area contributed by atoms with Gasteiger partial charge in [0.05, 0.1) is 7.11 Å². The first kappa shape index (κ1) is 12.2. The first-order chi connectivity index (χ1) is 9.29. The Morgan fingerprint density at radius 3 is 3.05 bits per heavy atom. The predicted molar refractivity (Wildman–Crippen MR) is 74.8 cm³/mol. The van der Waals surface area contributed by atoms with Gasteiger partial charge in [-0.2, -0.15) is 0 Å². The lowest BCUT2D eigenvalue weighted by Gasteiger charge is -2.21. The van der Waals surface area contributed by atoms with E-state index in [1.807, 2.05) is 24.4 Å². The van der Waals surface area contributed by atoms with Crippen LogP contribution in [0.4, 0.5) is 0 Å². The molecule has 19 heavy (non-hydrogen) atoms. The number of methoxy groups -OCH3 is 1. The molecule has 4 heteroatoms. The van der Waals surface area contributed by atoms with E-state index in [0.717, 1.165) is 48.1 Å². The highest BCUT2D eigenvalue weighted by molar-refractivity contribution is 6.09. The normalized spacial score (nSPS) is 19.5. The maximum absolute atomic E-state index is 12.6. The number of rotatable bonds is 3. The maximum atomic E-state index is 12.6. The number of Topliss-reactive ketones (excluding diaryl/α,β-unsaturated/α-hetero) is 1. The second-order valence-corrected chi connectivity index (χ2v) is 5.02. The number of hydrogen-bond acceptors (Lipinski definition) is 3. The standard InChI is InChI=1S/C15H18N2O2/c1-19-11-4-5-14-12(7-11)13(9-17-14)15(18)10-3-2-6-16-8-10/h4-5,7,9-10,16-17H,2-3,6,8H2,1H3. The van der Waals surface area contributed by atoms with Gasteiger partial charge in [0.1, 0.15) is 5.75 Å². The molecule has 1 saturated heterocycles. The zero-order chi connectivity index (χ0) is 13.2. The van der Waals surface area contributed by atoms with Crippen LogP contribution in [0.25, 0.3) is 10.9 Å². The van der Waals surface area contributed by atoms with Gasteiger partial charge in [-0.15, -0.1) is 0 Å². The number of ketones is 1. The molecule has 1 aliphatic heterocycles. The summed E-state index contributed by atoms with van der Waals surface area (Å²) in [5.41, 5.74) is 1.76. The second kappa shape index (κ2) is 5.05. The van der Waals surface area contributed by atoms with Crippen LogP contribution in [-0.4, -0.2) is 31.0 Å². The van der Waals surface area contributed by atoms with Gasteiger partial charge in [0.2, 0.25) is 0 Å². The summed E-state index contributed by atoms with van der Waals surface area (Å²) >= 11 is 0. The SMILES string of the molecule is COc1ccc2[nH]cc(C(=O)C3CCCNC3)c2c1. The summed E-state index contributed by atoms with van der Waals surface area (Å²) in [4.78, 5) is 15.7. The molecule has 2 N–H and O–H groups in total. The number of piperidine rings is 1. The molecule has 1 unspecified atom stereocenters.